The molecule has 3 rings (SSSR count). The number of halogens is 2. The van der Waals surface area contributed by atoms with Crippen molar-refractivity contribution < 1.29 is 9.18 Å². The van der Waals surface area contributed by atoms with E-state index in [0.717, 1.165) is 24.4 Å². The number of aliphatic imine (C=N–C) groups is 1. The minimum absolute atomic E-state index is 0. The van der Waals surface area contributed by atoms with Crippen LogP contribution in [0.4, 0.5) is 4.39 Å². The van der Waals surface area contributed by atoms with Gasteiger partial charge in [0.15, 0.2) is 5.96 Å². The number of guanidine groups is 1. The molecule has 1 aliphatic heterocycles. The van der Waals surface area contributed by atoms with Crippen molar-refractivity contribution in [1.82, 2.24) is 15.5 Å². The van der Waals surface area contributed by atoms with Gasteiger partial charge in [-0.15, -0.1) is 24.0 Å². The van der Waals surface area contributed by atoms with Gasteiger partial charge in [-0.3, -0.25) is 9.79 Å². The van der Waals surface area contributed by atoms with E-state index in [2.05, 4.69) is 15.6 Å². The van der Waals surface area contributed by atoms with E-state index in [0.29, 0.717) is 19.5 Å². The van der Waals surface area contributed by atoms with Crippen LogP contribution in [0.15, 0.2) is 29.3 Å². The molecular formula is C18H26FIN4O. The van der Waals surface area contributed by atoms with Crippen molar-refractivity contribution in [2.45, 2.75) is 44.2 Å². The van der Waals surface area contributed by atoms with Crippen molar-refractivity contribution in [3.63, 3.8) is 0 Å². The lowest BCUT2D eigenvalue weighted by Crippen LogP contribution is -2.52. The smallest absolute Gasteiger partial charge is 0.222 e. The Balaban J connectivity index is 0.00000225. The Morgan fingerprint density at radius 2 is 2.12 bits per heavy atom. The number of likely N-dealkylation sites (N-methyl/N-ethyl adjacent to an activating group) is 1. The second-order valence-electron chi connectivity index (χ2n) is 6.59. The van der Waals surface area contributed by atoms with Gasteiger partial charge in [0.05, 0.1) is 0 Å². The van der Waals surface area contributed by atoms with Crippen molar-refractivity contribution in [3.05, 3.63) is 35.6 Å². The molecule has 1 amide bonds. The number of likely N-dealkylation sites (tertiary alicyclic amines) is 1. The third-order valence-electron chi connectivity index (χ3n) is 4.70. The number of nitrogens with one attached hydrogen (secondary N) is 2. The van der Waals surface area contributed by atoms with Gasteiger partial charge in [0.1, 0.15) is 5.82 Å². The summed E-state index contributed by atoms with van der Waals surface area (Å²) in [5.41, 5.74) is 0.772. The minimum atomic E-state index is -0.138. The van der Waals surface area contributed by atoms with E-state index >= 15 is 0 Å². The summed E-state index contributed by atoms with van der Waals surface area (Å²) in [6.45, 7) is 3.35. The maximum atomic E-state index is 13.9. The lowest BCUT2D eigenvalue weighted by Gasteiger charge is -2.31. The van der Waals surface area contributed by atoms with Crippen LogP contribution >= 0.6 is 24.0 Å². The molecule has 1 saturated carbocycles. The van der Waals surface area contributed by atoms with E-state index in [1.807, 2.05) is 26.1 Å². The molecule has 2 aliphatic rings. The van der Waals surface area contributed by atoms with Crippen LogP contribution in [0.25, 0.3) is 0 Å². The predicted octanol–water partition coefficient (Wildman–Crippen LogP) is 2.48. The molecule has 25 heavy (non-hydrogen) atoms. The fourth-order valence-electron chi connectivity index (χ4n) is 3.26. The zero-order valence-corrected chi connectivity index (χ0v) is 17.0. The lowest BCUT2D eigenvalue weighted by molar-refractivity contribution is -0.132. The van der Waals surface area contributed by atoms with Crippen LogP contribution < -0.4 is 10.6 Å². The quantitative estimate of drug-likeness (QED) is 0.413. The van der Waals surface area contributed by atoms with Gasteiger partial charge < -0.3 is 15.5 Å². The number of nitrogens with zero attached hydrogens (tertiary/aromatic N) is 2. The highest BCUT2D eigenvalue weighted by atomic mass is 127. The van der Waals surface area contributed by atoms with Crippen molar-refractivity contribution in [2.24, 2.45) is 4.99 Å². The highest BCUT2D eigenvalue weighted by Gasteiger charge is 2.40. The van der Waals surface area contributed by atoms with Gasteiger partial charge in [-0.1, -0.05) is 18.2 Å². The number of hydrogen-bond acceptors (Lipinski definition) is 2. The number of amides is 1. The molecule has 0 radical (unpaired) electrons. The molecule has 1 saturated heterocycles. The van der Waals surface area contributed by atoms with Crippen molar-refractivity contribution >= 4 is 35.8 Å². The van der Waals surface area contributed by atoms with Crippen LogP contribution in [0.2, 0.25) is 0 Å². The average molecular weight is 460 g/mol. The number of hydrogen-bond donors (Lipinski definition) is 2. The summed E-state index contributed by atoms with van der Waals surface area (Å²) in [4.78, 5) is 17.8. The van der Waals surface area contributed by atoms with Crippen molar-refractivity contribution in [2.75, 3.05) is 20.1 Å². The average Bonchev–Trinajstić information content (AvgIpc) is 3.30. The molecule has 2 fully saturated rings. The summed E-state index contributed by atoms with van der Waals surface area (Å²) in [6.07, 6.45) is 2.29. The standard InChI is InChI=1S/C18H25FN4O.HI/c1-3-20-18(21-12-8-9-17(24)23(2)11-12)22-16-10-14(16)13-6-4-5-7-15(13)19;/h4-7,12,14,16H,3,8-11H2,1-2H3,(H2,20,21,22);1H. The van der Waals surface area contributed by atoms with E-state index in [-0.39, 0.29) is 53.7 Å². The Kier molecular flexibility index (Phi) is 7.04. The third-order valence-corrected chi connectivity index (χ3v) is 4.70. The first-order chi connectivity index (χ1) is 11.6. The highest BCUT2D eigenvalue weighted by Crippen LogP contribution is 2.41. The van der Waals surface area contributed by atoms with Crippen molar-refractivity contribution in [3.8, 4) is 0 Å². The number of carbonyl (C=O) groups is 1. The molecule has 7 heteroatoms. The van der Waals surface area contributed by atoms with Crippen molar-refractivity contribution in [1.29, 1.82) is 0 Å². The van der Waals surface area contributed by atoms with Crippen LogP contribution in [0, 0.1) is 5.82 Å². The molecule has 0 spiro atoms. The largest absolute Gasteiger partial charge is 0.353 e. The predicted molar refractivity (Wildman–Crippen MR) is 108 cm³/mol. The summed E-state index contributed by atoms with van der Waals surface area (Å²) >= 11 is 0. The molecule has 1 aromatic carbocycles. The molecule has 1 aliphatic carbocycles. The molecule has 0 aromatic heterocycles. The van der Waals surface area contributed by atoms with E-state index < -0.39 is 0 Å². The van der Waals surface area contributed by atoms with E-state index in [1.54, 1.807) is 11.0 Å². The monoisotopic (exact) mass is 460 g/mol. The van der Waals surface area contributed by atoms with Gasteiger partial charge in [-0.25, -0.2) is 4.39 Å². The number of carbonyl (C=O) groups excluding carboxylic acids is 1. The number of piperidine rings is 1. The van der Waals surface area contributed by atoms with Gasteiger partial charge in [0.2, 0.25) is 5.91 Å². The van der Waals surface area contributed by atoms with Gasteiger partial charge in [0, 0.05) is 44.6 Å². The molecule has 1 heterocycles. The van der Waals surface area contributed by atoms with Gasteiger partial charge in [-0.05, 0) is 31.4 Å². The zero-order valence-electron chi connectivity index (χ0n) is 14.7. The topological polar surface area (TPSA) is 56.7 Å². The van der Waals surface area contributed by atoms with Gasteiger partial charge in [-0.2, -0.15) is 0 Å². The Labute approximate surface area is 165 Å². The van der Waals surface area contributed by atoms with E-state index in [4.69, 9.17) is 0 Å². The molecule has 3 unspecified atom stereocenters. The second kappa shape index (κ2) is 8.82. The van der Waals surface area contributed by atoms with Crippen LogP contribution in [-0.2, 0) is 4.79 Å². The zero-order chi connectivity index (χ0) is 17.1. The summed E-state index contributed by atoms with van der Waals surface area (Å²) in [5.74, 6) is 1.01. The highest BCUT2D eigenvalue weighted by molar-refractivity contribution is 14.0. The maximum absolute atomic E-state index is 13.9. The minimum Gasteiger partial charge on any atom is -0.353 e. The van der Waals surface area contributed by atoms with Crippen LogP contribution in [0.1, 0.15) is 37.7 Å². The summed E-state index contributed by atoms with van der Waals surface area (Å²) in [6, 6.07) is 7.38. The Morgan fingerprint density at radius 3 is 2.80 bits per heavy atom. The van der Waals surface area contributed by atoms with Crippen LogP contribution in [0.5, 0.6) is 0 Å². The van der Waals surface area contributed by atoms with Gasteiger partial charge in [0.25, 0.3) is 0 Å². The number of benzene rings is 1. The van der Waals surface area contributed by atoms with E-state index in [9.17, 15) is 9.18 Å². The molecule has 5 nitrogen and oxygen atoms in total. The summed E-state index contributed by atoms with van der Waals surface area (Å²) < 4.78 is 13.9. The van der Waals surface area contributed by atoms with Crippen LogP contribution in [0.3, 0.4) is 0 Å². The number of rotatable bonds is 4. The first kappa shape index (κ1) is 19.9. The Hall–Kier alpha value is -1.38. The summed E-state index contributed by atoms with van der Waals surface area (Å²) in [7, 11) is 1.83. The molecule has 3 atom stereocenters. The molecule has 1 aromatic rings. The normalized spacial score (nSPS) is 26.0. The molecule has 0 bridgehead atoms. The first-order valence-electron chi connectivity index (χ1n) is 8.64. The fraction of sp³-hybridized carbons (Fsp3) is 0.556. The van der Waals surface area contributed by atoms with Crippen LogP contribution in [-0.4, -0.2) is 49.0 Å². The SMILES string of the molecule is CCN=C(NC1CCC(=O)N(C)C1)NC1CC1c1ccccc1F.I. The molecule has 2 N–H and O–H groups in total. The lowest BCUT2D eigenvalue weighted by atomic mass is 10.1. The molecular weight excluding hydrogens is 434 g/mol. The molecule has 138 valence electrons. The Morgan fingerprint density at radius 1 is 1.36 bits per heavy atom. The third kappa shape index (κ3) is 5.05. The Bertz CT molecular complexity index is 639. The summed E-state index contributed by atoms with van der Waals surface area (Å²) in [5, 5.41) is 6.83. The fourth-order valence-corrected chi connectivity index (χ4v) is 3.26. The van der Waals surface area contributed by atoms with E-state index in [1.165, 1.54) is 6.07 Å². The first-order valence-corrected chi connectivity index (χ1v) is 8.64. The maximum Gasteiger partial charge on any atom is 0.222 e. The second-order valence-corrected chi connectivity index (χ2v) is 6.59. The van der Waals surface area contributed by atoms with Gasteiger partial charge >= 0.3 is 0 Å².